The molecule has 0 spiro atoms. The number of hydrogen-bond acceptors (Lipinski definition) is 6. The fourth-order valence-electron chi connectivity index (χ4n) is 8.18. The lowest BCUT2D eigenvalue weighted by molar-refractivity contribution is -0.382. The van der Waals surface area contributed by atoms with Crippen LogP contribution >= 0.6 is 0 Å². The monoisotopic (exact) mass is 1140 g/mol. The summed E-state index contributed by atoms with van der Waals surface area (Å²) in [7, 11) is -13.6. The van der Waals surface area contributed by atoms with E-state index in [2.05, 4.69) is 170 Å². The molecule has 2 fully saturated rings. The first-order valence-corrected chi connectivity index (χ1v) is 28.4. The fraction of sp³-hybridized carbons (Fsp3) is 0.321. The third kappa shape index (κ3) is 15.8. The number of alkyl halides is 12. The molecule has 0 N–H and O–H groups in total. The van der Waals surface area contributed by atoms with Gasteiger partial charge in [-0.1, -0.05) is 136 Å². The highest BCUT2D eigenvalue weighted by Gasteiger charge is 2.83. The molecule has 0 amide bonds. The summed E-state index contributed by atoms with van der Waals surface area (Å²) in [5.41, 5.74) is -2.58. The molecule has 406 valence electrons. The average molecular weight is 1140 g/mol. The van der Waals surface area contributed by atoms with Crippen molar-refractivity contribution in [2.45, 2.75) is 134 Å². The van der Waals surface area contributed by atoms with Crippen LogP contribution in [-0.4, -0.2) is 54.7 Å². The van der Waals surface area contributed by atoms with Gasteiger partial charge in [0.1, 0.15) is 0 Å². The van der Waals surface area contributed by atoms with Crippen molar-refractivity contribution in [1.29, 1.82) is 0 Å². The highest BCUT2D eigenvalue weighted by Crippen LogP contribution is 2.54. The van der Waals surface area contributed by atoms with Gasteiger partial charge in [0.25, 0.3) is 0 Å². The molecule has 0 saturated heterocycles. The zero-order chi connectivity index (χ0) is 55.3. The summed E-state index contributed by atoms with van der Waals surface area (Å²) in [6, 6.07) is 62.6. The van der Waals surface area contributed by atoms with Crippen molar-refractivity contribution in [3.63, 3.8) is 0 Å². The van der Waals surface area contributed by atoms with Crippen LogP contribution in [0.5, 0.6) is 0 Å². The van der Waals surface area contributed by atoms with Crippen LogP contribution in [0, 0.1) is 0 Å². The number of halogens is 12. The van der Waals surface area contributed by atoms with Crippen molar-refractivity contribution in [1.82, 2.24) is 0 Å². The minimum atomic E-state index is -7.43. The van der Waals surface area contributed by atoms with Crippen LogP contribution in [0.25, 0.3) is 0 Å². The molecule has 6 nitrogen and oxygen atoms in total. The lowest BCUT2D eigenvalue weighted by atomic mass is 9.84. The van der Waals surface area contributed by atoms with E-state index in [0.717, 1.165) is 11.8 Å². The lowest BCUT2D eigenvalue weighted by Gasteiger charge is -2.34. The summed E-state index contributed by atoms with van der Waals surface area (Å²) in [6.07, 6.45) is 6.70. The fourth-order valence-corrected chi connectivity index (χ4v) is 12.8. The summed E-state index contributed by atoms with van der Waals surface area (Å²) in [4.78, 5) is 8.38. The minimum absolute atomic E-state index is 0.0278. The maximum atomic E-state index is 12.2. The molecule has 0 atom stereocenters. The molecular formula is C53H50F12O6S4. The molecule has 22 heteroatoms. The normalized spacial score (nSPS) is 15.4. The van der Waals surface area contributed by atoms with E-state index in [1.807, 2.05) is 0 Å². The summed E-state index contributed by atoms with van der Waals surface area (Å²) in [5, 5.41) is -7.11. The van der Waals surface area contributed by atoms with E-state index in [9.17, 15) is 65.7 Å². The van der Waals surface area contributed by atoms with Crippen LogP contribution in [0.3, 0.4) is 0 Å². The Balaban J connectivity index is 0.000000198. The third-order valence-corrected chi connectivity index (χ3v) is 17.9. The maximum Gasteiger partial charge on any atom is 0.485 e. The van der Waals surface area contributed by atoms with E-state index in [1.165, 1.54) is 105 Å². The molecule has 0 radical (unpaired) electrons. The van der Waals surface area contributed by atoms with Gasteiger partial charge >= 0.3 is 28.8 Å². The second-order valence-electron chi connectivity index (χ2n) is 17.2. The number of hydrogen-bond donors (Lipinski definition) is 0. The molecule has 2 aliphatic rings. The Hall–Kier alpha value is -5.00. The molecule has 8 rings (SSSR count). The van der Waals surface area contributed by atoms with Gasteiger partial charge in [-0.05, 0) is 121 Å². The quantitative estimate of drug-likeness (QED) is 0.0552. The standard InChI is InChI=1S/2C24H25S.C4HF9O3S.CHF3O3S/c2*1-4-10-20(11-5-1)21-16-18-24(19-17-21)25(22-12-6-2-7-13-22)23-14-8-3-9-15-23;5-1(6,3(9,10)11)2(7,8)4(12,13)17(14,15)16;2-1(3,4)8(5,6)7/h2*2-3,6-9,12-20H,1,4-5,10-11H2;(H,14,15,16);(H,5,6,7)/q2*+1;;/p-2. The molecule has 0 heterocycles. The van der Waals surface area contributed by atoms with Crippen molar-refractivity contribution >= 4 is 42.0 Å². The summed E-state index contributed by atoms with van der Waals surface area (Å²) in [6.45, 7) is 0. The molecule has 0 aliphatic heterocycles. The summed E-state index contributed by atoms with van der Waals surface area (Å²) >= 11 is 0. The van der Waals surface area contributed by atoms with Crippen molar-refractivity contribution in [3.05, 3.63) is 181 Å². The van der Waals surface area contributed by atoms with Crippen LogP contribution in [0.1, 0.15) is 87.2 Å². The van der Waals surface area contributed by atoms with Crippen LogP contribution in [0.2, 0.25) is 0 Å². The van der Waals surface area contributed by atoms with Crippen molar-refractivity contribution in [2.75, 3.05) is 0 Å². The Bertz CT molecular complexity index is 2670. The van der Waals surface area contributed by atoms with Gasteiger partial charge in [0.15, 0.2) is 49.6 Å². The summed E-state index contributed by atoms with van der Waals surface area (Å²) in [5.74, 6) is -13.3. The van der Waals surface area contributed by atoms with E-state index in [0.29, 0.717) is 0 Å². The molecular weight excluding hydrogens is 1090 g/mol. The van der Waals surface area contributed by atoms with E-state index in [-0.39, 0.29) is 21.8 Å². The van der Waals surface area contributed by atoms with Gasteiger partial charge in [-0.3, -0.25) is 0 Å². The second-order valence-corrected chi connectivity index (χ2v) is 24.0. The van der Waals surface area contributed by atoms with Crippen LogP contribution in [0.4, 0.5) is 52.7 Å². The molecule has 6 aromatic rings. The Kier molecular flexibility index (Phi) is 21.0. The molecule has 75 heavy (non-hydrogen) atoms. The first-order valence-electron chi connectivity index (χ1n) is 23.1. The van der Waals surface area contributed by atoms with Crippen LogP contribution in [-0.2, 0) is 42.0 Å². The topological polar surface area (TPSA) is 114 Å². The zero-order valence-electron chi connectivity index (χ0n) is 39.5. The lowest BCUT2D eigenvalue weighted by Crippen LogP contribution is -2.63. The number of rotatable bonds is 11. The molecule has 0 aromatic heterocycles. The second kappa shape index (κ2) is 25.9. The largest absolute Gasteiger partial charge is 0.743 e. The van der Waals surface area contributed by atoms with E-state index in [4.69, 9.17) is 13.0 Å². The van der Waals surface area contributed by atoms with Crippen molar-refractivity contribution < 1.29 is 78.6 Å². The first kappa shape index (κ1) is 60.9. The van der Waals surface area contributed by atoms with E-state index >= 15 is 0 Å². The van der Waals surface area contributed by atoms with E-state index in [1.54, 1.807) is 0 Å². The van der Waals surface area contributed by atoms with Gasteiger partial charge in [0.2, 0.25) is 0 Å². The summed E-state index contributed by atoms with van der Waals surface area (Å²) < 4.78 is 194. The molecule has 6 aromatic carbocycles. The van der Waals surface area contributed by atoms with Gasteiger partial charge in [-0.25, -0.2) is 16.8 Å². The van der Waals surface area contributed by atoms with Crippen molar-refractivity contribution in [3.8, 4) is 0 Å². The molecule has 2 saturated carbocycles. The molecule has 2 aliphatic carbocycles. The van der Waals surface area contributed by atoms with Gasteiger partial charge in [-0.2, -0.15) is 52.7 Å². The average Bonchev–Trinajstić information content (AvgIpc) is 3.38. The van der Waals surface area contributed by atoms with Gasteiger partial charge in [0, 0.05) is 0 Å². The smallest absolute Gasteiger partial charge is 0.485 e. The zero-order valence-corrected chi connectivity index (χ0v) is 42.8. The number of benzene rings is 6. The van der Waals surface area contributed by atoms with Crippen LogP contribution in [0.15, 0.2) is 199 Å². The van der Waals surface area contributed by atoms with Gasteiger partial charge in [-0.15, -0.1) is 0 Å². The van der Waals surface area contributed by atoms with Gasteiger partial charge < -0.3 is 9.11 Å². The molecule has 0 unspecified atom stereocenters. The van der Waals surface area contributed by atoms with Crippen LogP contribution < -0.4 is 0 Å². The Morgan fingerprint density at radius 3 is 0.800 bits per heavy atom. The Morgan fingerprint density at radius 1 is 0.347 bits per heavy atom. The van der Waals surface area contributed by atoms with Crippen molar-refractivity contribution in [2.24, 2.45) is 0 Å². The predicted octanol–water partition coefficient (Wildman–Crippen LogP) is 15.7. The highest BCUT2D eigenvalue weighted by molar-refractivity contribution is 7.97. The molecule has 0 bridgehead atoms. The van der Waals surface area contributed by atoms with Gasteiger partial charge in [0.05, 0.1) is 21.8 Å². The third-order valence-electron chi connectivity index (χ3n) is 12.0. The first-order chi connectivity index (χ1) is 35.1. The SMILES string of the molecule is O=S(=O)([O-])C(F)(F)C(F)(F)C(F)(F)C(F)(F)F.O=S(=O)([O-])C(F)(F)F.c1ccc([S+](c2ccccc2)c2ccc(C3CCCCC3)cc2)cc1.c1ccc([S+](c2ccccc2)c2ccc(C3CCCCC3)cc2)cc1. The van der Waals surface area contributed by atoms with E-state index < -0.39 is 49.0 Å². The minimum Gasteiger partial charge on any atom is -0.743 e. The predicted molar refractivity (Wildman–Crippen MR) is 261 cm³/mol. The Labute approximate surface area is 433 Å². The maximum absolute atomic E-state index is 12.2. The highest BCUT2D eigenvalue weighted by atomic mass is 32.2. The Morgan fingerprint density at radius 2 is 0.587 bits per heavy atom.